The molecule has 4 nitrogen and oxygen atoms in total. The molecule has 1 aliphatic rings. The highest BCUT2D eigenvalue weighted by Crippen LogP contribution is 2.12. The molecular formula is C16H24N2O2. The number of ether oxygens (including phenoxy) is 1. The summed E-state index contributed by atoms with van der Waals surface area (Å²) in [5.74, 6) is 0.0717. The summed E-state index contributed by atoms with van der Waals surface area (Å²) in [4.78, 5) is 14.3. The van der Waals surface area contributed by atoms with Crippen LogP contribution in [0.3, 0.4) is 0 Å². The van der Waals surface area contributed by atoms with E-state index in [0.717, 1.165) is 30.9 Å². The highest BCUT2D eigenvalue weighted by molar-refractivity contribution is 5.90. The zero-order chi connectivity index (χ0) is 14.5. The van der Waals surface area contributed by atoms with E-state index in [1.807, 2.05) is 31.2 Å². The molecule has 1 aromatic carbocycles. The fourth-order valence-electron chi connectivity index (χ4n) is 2.67. The summed E-state index contributed by atoms with van der Waals surface area (Å²) < 4.78 is 5.69. The lowest BCUT2D eigenvalue weighted by Gasteiger charge is -2.35. The predicted molar refractivity (Wildman–Crippen MR) is 80.9 cm³/mol. The quantitative estimate of drug-likeness (QED) is 0.918. The molecular weight excluding hydrogens is 252 g/mol. The summed E-state index contributed by atoms with van der Waals surface area (Å²) in [6.07, 6.45) is 1.02. The van der Waals surface area contributed by atoms with Gasteiger partial charge in [-0.05, 0) is 38.5 Å². The Hall–Kier alpha value is -1.39. The average Bonchev–Trinajstić information content (AvgIpc) is 2.35. The molecule has 1 heterocycles. The van der Waals surface area contributed by atoms with Gasteiger partial charge >= 0.3 is 0 Å². The second-order valence-electron chi connectivity index (χ2n) is 5.68. The molecule has 0 bridgehead atoms. The van der Waals surface area contributed by atoms with E-state index in [-0.39, 0.29) is 18.1 Å². The van der Waals surface area contributed by atoms with E-state index >= 15 is 0 Å². The molecule has 0 saturated carbocycles. The minimum atomic E-state index is 0.0717. The Balaban J connectivity index is 1.77. The minimum Gasteiger partial charge on any atom is -0.373 e. The van der Waals surface area contributed by atoms with Crippen LogP contribution in [0.2, 0.25) is 0 Å². The second kappa shape index (κ2) is 6.86. The normalized spacial score (nSPS) is 23.6. The fourth-order valence-corrected chi connectivity index (χ4v) is 2.67. The zero-order valence-corrected chi connectivity index (χ0v) is 12.6. The molecule has 1 aliphatic heterocycles. The first-order valence-electron chi connectivity index (χ1n) is 7.27. The van der Waals surface area contributed by atoms with Gasteiger partial charge in [-0.2, -0.15) is 0 Å². The number of benzene rings is 1. The zero-order valence-electron chi connectivity index (χ0n) is 12.6. The number of nitrogens with zero attached hydrogens (tertiary/aromatic N) is 1. The number of aryl methyl sites for hydroxylation is 1. The first kappa shape index (κ1) is 15.0. The van der Waals surface area contributed by atoms with E-state index < -0.39 is 0 Å². The van der Waals surface area contributed by atoms with E-state index in [2.05, 4.69) is 24.1 Å². The lowest BCUT2D eigenvalue weighted by Crippen LogP contribution is -2.46. The van der Waals surface area contributed by atoms with Crippen LogP contribution in [-0.4, -0.2) is 42.6 Å². The summed E-state index contributed by atoms with van der Waals surface area (Å²) in [7, 11) is 0. The van der Waals surface area contributed by atoms with Crippen molar-refractivity contribution in [1.29, 1.82) is 0 Å². The molecule has 1 amide bonds. The third-order valence-corrected chi connectivity index (χ3v) is 3.45. The summed E-state index contributed by atoms with van der Waals surface area (Å²) >= 11 is 0. The molecule has 1 saturated heterocycles. The number of nitrogens with one attached hydrogen (secondary N) is 1. The fraction of sp³-hybridized carbons (Fsp3) is 0.562. The van der Waals surface area contributed by atoms with Gasteiger partial charge in [-0.1, -0.05) is 12.1 Å². The number of amides is 1. The molecule has 0 aliphatic carbocycles. The third-order valence-electron chi connectivity index (χ3n) is 3.45. The largest absolute Gasteiger partial charge is 0.373 e. The van der Waals surface area contributed by atoms with Gasteiger partial charge in [-0.3, -0.25) is 9.69 Å². The Kier molecular flexibility index (Phi) is 5.15. The summed E-state index contributed by atoms with van der Waals surface area (Å²) in [5, 5.41) is 2.95. The molecule has 4 heteroatoms. The van der Waals surface area contributed by atoms with Gasteiger partial charge in [0, 0.05) is 31.7 Å². The standard InChI is InChI=1S/C16H24N2O2/c1-12-5-4-6-15(9-12)17-16(19)7-8-18-10-13(2)20-14(3)11-18/h4-6,9,13-14H,7-8,10-11H2,1-3H3,(H,17,19)/t13-,14+. The molecule has 0 spiro atoms. The van der Waals surface area contributed by atoms with Gasteiger partial charge in [0.1, 0.15) is 0 Å². The van der Waals surface area contributed by atoms with Gasteiger partial charge in [0.05, 0.1) is 12.2 Å². The van der Waals surface area contributed by atoms with E-state index in [4.69, 9.17) is 4.74 Å². The highest BCUT2D eigenvalue weighted by atomic mass is 16.5. The predicted octanol–water partition coefficient (Wildman–Crippen LogP) is 2.43. The molecule has 1 N–H and O–H groups in total. The van der Waals surface area contributed by atoms with Crippen molar-refractivity contribution in [1.82, 2.24) is 4.90 Å². The Morgan fingerprint density at radius 1 is 1.35 bits per heavy atom. The van der Waals surface area contributed by atoms with Crippen LogP contribution in [0.15, 0.2) is 24.3 Å². The number of hydrogen-bond acceptors (Lipinski definition) is 3. The van der Waals surface area contributed by atoms with Crippen molar-refractivity contribution >= 4 is 11.6 Å². The minimum absolute atomic E-state index is 0.0717. The molecule has 0 aromatic heterocycles. The van der Waals surface area contributed by atoms with Gasteiger partial charge in [0.15, 0.2) is 0 Å². The van der Waals surface area contributed by atoms with Gasteiger partial charge in [0.2, 0.25) is 5.91 Å². The number of hydrogen-bond donors (Lipinski definition) is 1. The van der Waals surface area contributed by atoms with Gasteiger partial charge < -0.3 is 10.1 Å². The Morgan fingerprint density at radius 3 is 2.70 bits per heavy atom. The molecule has 1 fully saturated rings. The van der Waals surface area contributed by atoms with Crippen LogP contribution in [0.25, 0.3) is 0 Å². The van der Waals surface area contributed by atoms with Crippen molar-refractivity contribution < 1.29 is 9.53 Å². The van der Waals surface area contributed by atoms with Crippen LogP contribution in [-0.2, 0) is 9.53 Å². The van der Waals surface area contributed by atoms with Crippen LogP contribution in [0.4, 0.5) is 5.69 Å². The first-order valence-corrected chi connectivity index (χ1v) is 7.27. The molecule has 110 valence electrons. The van der Waals surface area contributed by atoms with Crippen LogP contribution in [0.1, 0.15) is 25.8 Å². The molecule has 2 rings (SSSR count). The molecule has 2 atom stereocenters. The van der Waals surface area contributed by atoms with E-state index in [9.17, 15) is 4.79 Å². The van der Waals surface area contributed by atoms with Crippen LogP contribution < -0.4 is 5.32 Å². The van der Waals surface area contributed by atoms with E-state index in [0.29, 0.717) is 6.42 Å². The third kappa shape index (κ3) is 4.62. The molecule has 20 heavy (non-hydrogen) atoms. The lowest BCUT2D eigenvalue weighted by molar-refractivity contribution is -0.117. The van der Waals surface area contributed by atoms with Crippen LogP contribution >= 0.6 is 0 Å². The maximum absolute atomic E-state index is 12.0. The molecule has 0 radical (unpaired) electrons. The summed E-state index contributed by atoms with van der Waals surface area (Å²) in [5.41, 5.74) is 2.03. The van der Waals surface area contributed by atoms with Crippen molar-refractivity contribution in [2.75, 3.05) is 25.0 Å². The number of carbonyl (C=O) groups excluding carboxylic acids is 1. The second-order valence-corrected chi connectivity index (χ2v) is 5.68. The average molecular weight is 276 g/mol. The van der Waals surface area contributed by atoms with Crippen molar-refractivity contribution in [3.8, 4) is 0 Å². The number of anilines is 1. The lowest BCUT2D eigenvalue weighted by atomic mass is 10.2. The Morgan fingerprint density at radius 2 is 2.05 bits per heavy atom. The van der Waals surface area contributed by atoms with Crippen LogP contribution in [0.5, 0.6) is 0 Å². The highest BCUT2D eigenvalue weighted by Gasteiger charge is 2.22. The summed E-state index contributed by atoms with van der Waals surface area (Å²) in [6.45, 7) is 8.77. The summed E-state index contributed by atoms with van der Waals surface area (Å²) in [6, 6.07) is 7.88. The Bertz CT molecular complexity index is 452. The number of carbonyl (C=O) groups is 1. The maximum atomic E-state index is 12.0. The van der Waals surface area contributed by atoms with Crippen molar-refractivity contribution in [2.24, 2.45) is 0 Å². The van der Waals surface area contributed by atoms with Gasteiger partial charge in [0.25, 0.3) is 0 Å². The van der Waals surface area contributed by atoms with E-state index in [1.165, 1.54) is 0 Å². The van der Waals surface area contributed by atoms with E-state index in [1.54, 1.807) is 0 Å². The molecule has 0 unspecified atom stereocenters. The van der Waals surface area contributed by atoms with Gasteiger partial charge in [-0.15, -0.1) is 0 Å². The van der Waals surface area contributed by atoms with Gasteiger partial charge in [-0.25, -0.2) is 0 Å². The monoisotopic (exact) mass is 276 g/mol. The number of morpholine rings is 1. The van der Waals surface area contributed by atoms with Crippen molar-refractivity contribution in [3.05, 3.63) is 29.8 Å². The SMILES string of the molecule is Cc1cccc(NC(=O)CCN2C[C@@H](C)O[C@@H](C)C2)c1. The topological polar surface area (TPSA) is 41.6 Å². The van der Waals surface area contributed by atoms with Crippen molar-refractivity contribution in [3.63, 3.8) is 0 Å². The van der Waals surface area contributed by atoms with Crippen molar-refractivity contribution in [2.45, 2.75) is 39.4 Å². The van der Waals surface area contributed by atoms with Crippen LogP contribution in [0, 0.1) is 6.92 Å². The Labute approximate surface area is 121 Å². The maximum Gasteiger partial charge on any atom is 0.225 e. The smallest absolute Gasteiger partial charge is 0.225 e. The number of rotatable bonds is 4. The first-order chi connectivity index (χ1) is 9.52. The molecule has 1 aromatic rings.